The Hall–Kier alpha value is -3.48. The van der Waals surface area contributed by atoms with Crippen molar-refractivity contribution in [2.75, 3.05) is 19.0 Å². The van der Waals surface area contributed by atoms with Crippen LogP contribution in [0.25, 0.3) is 16.6 Å². The summed E-state index contributed by atoms with van der Waals surface area (Å²) in [6.45, 7) is 6.01. The van der Waals surface area contributed by atoms with Crippen molar-refractivity contribution in [1.82, 2.24) is 9.47 Å². The fourth-order valence-electron chi connectivity index (χ4n) is 4.20. The van der Waals surface area contributed by atoms with Crippen molar-refractivity contribution in [2.24, 2.45) is 0 Å². The molecule has 0 saturated carbocycles. The van der Waals surface area contributed by atoms with Crippen LogP contribution in [0.5, 0.6) is 5.75 Å². The Morgan fingerprint density at radius 2 is 1.79 bits per heavy atom. The number of fused-ring (bicyclic) bond motifs is 1. The fourth-order valence-corrected chi connectivity index (χ4v) is 4.20. The minimum Gasteiger partial charge on any atom is -0.497 e. The van der Waals surface area contributed by atoms with Gasteiger partial charge in [-0.1, -0.05) is 6.07 Å². The highest BCUT2D eigenvalue weighted by atomic mass is 16.6. The van der Waals surface area contributed by atoms with E-state index in [0.717, 1.165) is 40.9 Å². The molecule has 0 bridgehead atoms. The van der Waals surface area contributed by atoms with Gasteiger partial charge < -0.3 is 19.4 Å². The molecule has 0 spiro atoms. The molecule has 1 aliphatic heterocycles. The number of hydrogen-bond acceptors (Lipinski definition) is 4. The molecular weight excluding hydrogens is 418 g/mol. The van der Waals surface area contributed by atoms with Gasteiger partial charge in [-0.05, 0) is 82.5 Å². The minimum absolute atomic E-state index is 0.190. The molecule has 2 heterocycles. The summed E-state index contributed by atoms with van der Waals surface area (Å²) in [4.78, 5) is 27.5. The van der Waals surface area contributed by atoms with Crippen molar-refractivity contribution in [3.63, 3.8) is 0 Å². The van der Waals surface area contributed by atoms with Crippen LogP contribution in [0.2, 0.25) is 0 Å². The molecular formula is C26H31N3O4. The summed E-state index contributed by atoms with van der Waals surface area (Å²) in [5.41, 5.74) is 2.09. The molecule has 0 radical (unpaired) electrons. The minimum atomic E-state index is -0.606. The van der Waals surface area contributed by atoms with Gasteiger partial charge in [0.15, 0.2) is 0 Å². The lowest BCUT2D eigenvalue weighted by molar-refractivity contribution is -0.122. The van der Waals surface area contributed by atoms with E-state index in [-0.39, 0.29) is 5.91 Å². The molecule has 33 heavy (non-hydrogen) atoms. The molecule has 7 nitrogen and oxygen atoms in total. The number of methoxy groups -OCH3 is 1. The summed E-state index contributed by atoms with van der Waals surface area (Å²) in [5, 5.41) is 4.00. The van der Waals surface area contributed by atoms with E-state index in [0.29, 0.717) is 13.0 Å². The quantitative estimate of drug-likeness (QED) is 0.581. The highest BCUT2D eigenvalue weighted by molar-refractivity contribution is 6.04. The molecule has 3 aromatic rings. The first-order valence-corrected chi connectivity index (χ1v) is 11.3. The Morgan fingerprint density at radius 1 is 1.03 bits per heavy atom. The number of carbonyl (C=O) groups excluding carboxylic acids is 2. The number of hydrogen-bond donors (Lipinski definition) is 1. The zero-order valence-electron chi connectivity index (χ0n) is 19.6. The van der Waals surface area contributed by atoms with Crippen molar-refractivity contribution < 1.29 is 19.1 Å². The van der Waals surface area contributed by atoms with Crippen molar-refractivity contribution in [2.45, 2.75) is 51.7 Å². The van der Waals surface area contributed by atoms with Crippen LogP contribution in [-0.4, -0.2) is 46.8 Å². The first-order chi connectivity index (χ1) is 15.8. The third-order valence-electron chi connectivity index (χ3n) is 5.77. The Kier molecular flexibility index (Phi) is 6.31. The molecule has 0 aliphatic carbocycles. The van der Waals surface area contributed by atoms with E-state index in [2.05, 4.69) is 9.88 Å². The van der Waals surface area contributed by atoms with Crippen LogP contribution < -0.4 is 10.1 Å². The number of ether oxygens (including phenoxy) is 2. The Morgan fingerprint density at radius 3 is 2.48 bits per heavy atom. The van der Waals surface area contributed by atoms with Crippen LogP contribution in [0.4, 0.5) is 10.5 Å². The number of carbonyl (C=O) groups is 2. The molecule has 2 amide bonds. The summed E-state index contributed by atoms with van der Waals surface area (Å²) in [5.74, 6) is 0.607. The maximum atomic E-state index is 13.3. The molecule has 4 rings (SSSR count). The second kappa shape index (κ2) is 9.17. The fraction of sp³-hybridized carbons (Fsp3) is 0.385. The van der Waals surface area contributed by atoms with Gasteiger partial charge in [-0.3, -0.25) is 9.69 Å². The second-order valence-corrected chi connectivity index (χ2v) is 9.30. The zero-order chi connectivity index (χ0) is 23.6. The largest absolute Gasteiger partial charge is 0.497 e. The summed E-state index contributed by atoms with van der Waals surface area (Å²) in [6.07, 6.45) is 3.92. The standard InChI is InChI=1S/C26H31N3O4/c1-26(2,3)33-25(31)29-16-6-5-9-23(29)24(30)27-21-8-7-10-22-20(21)15-17-28(22)18-11-13-19(32-4)14-12-18/h7-8,10-15,17,23H,5-6,9,16H2,1-4H3,(H,27,30). The number of benzene rings is 2. The van der Waals surface area contributed by atoms with Crippen molar-refractivity contribution in [3.8, 4) is 11.4 Å². The SMILES string of the molecule is COc1ccc(-n2ccc3c(NC(=O)C4CCCCN4C(=O)OC(C)(C)C)cccc32)cc1. The highest BCUT2D eigenvalue weighted by Gasteiger charge is 2.35. The van der Waals surface area contributed by atoms with Gasteiger partial charge in [0, 0.05) is 23.8 Å². The van der Waals surface area contributed by atoms with E-state index < -0.39 is 17.7 Å². The van der Waals surface area contributed by atoms with Gasteiger partial charge in [0.25, 0.3) is 0 Å². The maximum Gasteiger partial charge on any atom is 0.410 e. The zero-order valence-corrected chi connectivity index (χ0v) is 19.6. The molecule has 1 unspecified atom stereocenters. The topological polar surface area (TPSA) is 72.8 Å². The Balaban J connectivity index is 1.57. The van der Waals surface area contributed by atoms with E-state index in [9.17, 15) is 9.59 Å². The third kappa shape index (κ3) is 4.97. The van der Waals surface area contributed by atoms with E-state index >= 15 is 0 Å². The summed E-state index contributed by atoms with van der Waals surface area (Å²) < 4.78 is 12.9. The Bertz CT molecular complexity index is 1140. The van der Waals surface area contributed by atoms with Gasteiger partial charge in [0.2, 0.25) is 5.91 Å². The third-order valence-corrected chi connectivity index (χ3v) is 5.77. The number of nitrogens with one attached hydrogen (secondary N) is 1. The smallest absolute Gasteiger partial charge is 0.410 e. The van der Waals surface area contributed by atoms with E-state index in [1.54, 1.807) is 12.0 Å². The van der Waals surface area contributed by atoms with Crippen LogP contribution >= 0.6 is 0 Å². The Labute approximate surface area is 194 Å². The molecule has 1 saturated heterocycles. The number of nitrogens with zero attached hydrogens (tertiary/aromatic N) is 2. The molecule has 174 valence electrons. The number of rotatable bonds is 4. The van der Waals surface area contributed by atoms with Gasteiger partial charge in [-0.2, -0.15) is 0 Å². The maximum absolute atomic E-state index is 13.3. The molecule has 1 N–H and O–H groups in total. The normalized spacial score (nSPS) is 16.5. The summed E-state index contributed by atoms with van der Waals surface area (Å²) in [6, 6.07) is 15.1. The van der Waals surface area contributed by atoms with Gasteiger partial charge >= 0.3 is 6.09 Å². The van der Waals surface area contributed by atoms with Crippen molar-refractivity contribution in [3.05, 3.63) is 54.7 Å². The van der Waals surface area contributed by atoms with Crippen LogP contribution in [0.1, 0.15) is 40.0 Å². The van der Waals surface area contributed by atoms with E-state index in [1.165, 1.54) is 0 Å². The van der Waals surface area contributed by atoms with Crippen LogP contribution in [0, 0.1) is 0 Å². The van der Waals surface area contributed by atoms with Crippen LogP contribution in [0.15, 0.2) is 54.7 Å². The van der Waals surface area contributed by atoms with Crippen molar-refractivity contribution >= 4 is 28.6 Å². The van der Waals surface area contributed by atoms with Gasteiger partial charge in [0.1, 0.15) is 17.4 Å². The molecule has 7 heteroatoms. The van der Waals surface area contributed by atoms with Crippen LogP contribution in [-0.2, 0) is 9.53 Å². The first kappa shape index (κ1) is 22.7. The molecule has 1 fully saturated rings. The number of likely N-dealkylation sites (tertiary alicyclic amines) is 1. The van der Waals surface area contributed by atoms with Crippen molar-refractivity contribution in [1.29, 1.82) is 0 Å². The van der Waals surface area contributed by atoms with Gasteiger partial charge in [-0.25, -0.2) is 4.79 Å². The summed E-state index contributed by atoms with van der Waals surface area (Å²) in [7, 11) is 1.64. The molecule has 1 aliphatic rings. The predicted octanol–water partition coefficient (Wildman–Crippen LogP) is 5.37. The lowest BCUT2D eigenvalue weighted by Crippen LogP contribution is -2.51. The number of amides is 2. The monoisotopic (exact) mass is 449 g/mol. The second-order valence-electron chi connectivity index (χ2n) is 9.30. The molecule has 2 aromatic carbocycles. The van der Waals surface area contributed by atoms with Gasteiger partial charge in [0.05, 0.1) is 18.3 Å². The van der Waals surface area contributed by atoms with Crippen LogP contribution in [0.3, 0.4) is 0 Å². The molecule has 1 atom stereocenters. The lowest BCUT2D eigenvalue weighted by Gasteiger charge is -2.35. The number of aromatic nitrogens is 1. The predicted molar refractivity (Wildman–Crippen MR) is 129 cm³/mol. The summed E-state index contributed by atoms with van der Waals surface area (Å²) >= 11 is 0. The van der Waals surface area contributed by atoms with E-state index in [1.807, 2.05) is 75.5 Å². The highest BCUT2D eigenvalue weighted by Crippen LogP contribution is 2.29. The van der Waals surface area contributed by atoms with Gasteiger partial charge in [-0.15, -0.1) is 0 Å². The number of anilines is 1. The number of piperidine rings is 1. The molecule has 1 aromatic heterocycles. The van der Waals surface area contributed by atoms with E-state index in [4.69, 9.17) is 9.47 Å². The first-order valence-electron chi connectivity index (χ1n) is 11.3. The average molecular weight is 450 g/mol. The average Bonchev–Trinajstić information content (AvgIpc) is 3.23. The lowest BCUT2D eigenvalue weighted by atomic mass is 10.0.